The number of aromatic nitrogens is 2. The average Bonchev–Trinajstić information content (AvgIpc) is 3.18. The lowest BCUT2D eigenvalue weighted by Crippen LogP contribution is -2.23. The highest BCUT2D eigenvalue weighted by Crippen LogP contribution is 2.29. The zero-order chi connectivity index (χ0) is 14.7. The molecule has 1 N–H and O–H groups in total. The van der Waals surface area contributed by atoms with Gasteiger partial charge in [-0.3, -0.25) is 4.68 Å². The maximum atomic E-state index is 5.66. The van der Waals surface area contributed by atoms with Crippen LogP contribution in [0.4, 0.5) is 0 Å². The lowest BCUT2D eigenvalue weighted by molar-refractivity contribution is 0.407. The van der Waals surface area contributed by atoms with Crippen molar-refractivity contribution in [1.29, 1.82) is 0 Å². The predicted octanol–water partition coefficient (Wildman–Crippen LogP) is 3.79. The molecule has 0 aliphatic heterocycles. The topological polar surface area (TPSA) is 43.0 Å². The number of hydrogen-bond acceptors (Lipinski definition) is 3. The van der Waals surface area contributed by atoms with Gasteiger partial charge in [-0.25, -0.2) is 0 Å². The Morgan fingerprint density at radius 2 is 2.19 bits per heavy atom. The molecule has 0 saturated heterocycles. The second kappa shape index (κ2) is 6.48. The average molecular weight is 287 g/mol. The first-order chi connectivity index (χ1) is 10.3. The Hall–Kier alpha value is -1.55. The lowest BCUT2D eigenvalue weighted by Gasteiger charge is -2.15. The lowest BCUT2D eigenvalue weighted by atomic mass is 10.1. The Labute approximate surface area is 126 Å². The SMILES string of the molecule is CCNC(Cc1ccn(C2CCCC2)n1)c1occc1C. The van der Waals surface area contributed by atoms with Gasteiger partial charge in [0.1, 0.15) is 5.76 Å². The third-order valence-electron chi connectivity index (χ3n) is 4.44. The van der Waals surface area contributed by atoms with Crippen LogP contribution in [0.15, 0.2) is 29.0 Å². The van der Waals surface area contributed by atoms with Crippen LogP contribution < -0.4 is 5.32 Å². The van der Waals surface area contributed by atoms with E-state index in [1.165, 1.54) is 31.2 Å². The molecule has 1 unspecified atom stereocenters. The molecule has 1 fully saturated rings. The van der Waals surface area contributed by atoms with Crippen molar-refractivity contribution in [2.75, 3.05) is 6.54 Å². The molecular weight excluding hydrogens is 262 g/mol. The molecule has 2 aromatic rings. The first kappa shape index (κ1) is 14.4. The fraction of sp³-hybridized carbons (Fsp3) is 0.588. The number of furan rings is 1. The van der Waals surface area contributed by atoms with Gasteiger partial charge >= 0.3 is 0 Å². The Kier molecular flexibility index (Phi) is 4.44. The van der Waals surface area contributed by atoms with Crippen LogP contribution >= 0.6 is 0 Å². The molecule has 21 heavy (non-hydrogen) atoms. The van der Waals surface area contributed by atoms with Crippen molar-refractivity contribution in [3.05, 3.63) is 41.6 Å². The van der Waals surface area contributed by atoms with Crippen LogP contribution in [0.25, 0.3) is 0 Å². The van der Waals surface area contributed by atoms with E-state index in [-0.39, 0.29) is 6.04 Å². The van der Waals surface area contributed by atoms with Gasteiger partial charge < -0.3 is 9.73 Å². The van der Waals surface area contributed by atoms with E-state index in [9.17, 15) is 0 Å². The van der Waals surface area contributed by atoms with Crippen molar-refractivity contribution in [3.8, 4) is 0 Å². The van der Waals surface area contributed by atoms with Crippen LogP contribution in [0.1, 0.15) is 61.7 Å². The van der Waals surface area contributed by atoms with E-state index in [1.54, 1.807) is 6.26 Å². The number of nitrogens with one attached hydrogen (secondary N) is 1. The van der Waals surface area contributed by atoms with Crippen LogP contribution in [0.2, 0.25) is 0 Å². The Morgan fingerprint density at radius 1 is 1.38 bits per heavy atom. The van der Waals surface area contributed by atoms with Crippen LogP contribution in [0, 0.1) is 6.92 Å². The van der Waals surface area contributed by atoms with Crippen molar-refractivity contribution in [3.63, 3.8) is 0 Å². The first-order valence-electron chi connectivity index (χ1n) is 8.09. The van der Waals surface area contributed by atoms with Gasteiger partial charge in [0.2, 0.25) is 0 Å². The summed E-state index contributed by atoms with van der Waals surface area (Å²) in [5.41, 5.74) is 2.35. The van der Waals surface area contributed by atoms with Gasteiger partial charge in [0.05, 0.1) is 24.0 Å². The highest BCUT2D eigenvalue weighted by Gasteiger charge is 2.20. The summed E-state index contributed by atoms with van der Waals surface area (Å²) in [6.45, 7) is 5.15. The van der Waals surface area contributed by atoms with Gasteiger partial charge in [0.25, 0.3) is 0 Å². The number of rotatable bonds is 6. The second-order valence-electron chi connectivity index (χ2n) is 6.01. The molecule has 0 amide bonds. The number of hydrogen-bond donors (Lipinski definition) is 1. The van der Waals surface area contributed by atoms with Crippen molar-refractivity contribution in [2.45, 2.75) is 58.0 Å². The summed E-state index contributed by atoms with van der Waals surface area (Å²) in [4.78, 5) is 0. The first-order valence-corrected chi connectivity index (χ1v) is 8.09. The maximum absolute atomic E-state index is 5.66. The van der Waals surface area contributed by atoms with Crippen LogP contribution in [-0.4, -0.2) is 16.3 Å². The summed E-state index contributed by atoms with van der Waals surface area (Å²) in [6, 6.07) is 5.00. The van der Waals surface area contributed by atoms with E-state index in [0.717, 1.165) is 24.4 Å². The molecule has 4 heteroatoms. The fourth-order valence-corrected chi connectivity index (χ4v) is 3.31. The molecule has 0 bridgehead atoms. The summed E-state index contributed by atoms with van der Waals surface area (Å²) in [7, 11) is 0. The second-order valence-corrected chi connectivity index (χ2v) is 6.01. The summed E-state index contributed by atoms with van der Waals surface area (Å²) < 4.78 is 7.83. The molecule has 0 radical (unpaired) electrons. The third kappa shape index (κ3) is 3.21. The normalized spacial score (nSPS) is 17.4. The number of likely N-dealkylation sites (N-methyl/N-ethyl adjacent to an activating group) is 1. The van der Waals surface area contributed by atoms with Crippen molar-refractivity contribution in [2.24, 2.45) is 0 Å². The van der Waals surface area contributed by atoms with Gasteiger partial charge in [-0.15, -0.1) is 0 Å². The molecular formula is C17H25N3O. The zero-order valence-electron chi connectivity index (χ0n) is 13.0. The van der Waals surface area contributed by atoms with Gasteiger partial charge in [0, 0.05) is 12.6 Å². The molecule has 2 aromatic heterocycles. The standard InChI is InChI=1S/C17H25N3O/c1-3-18-16(17-13(2)9-11-21-17)12-14-8-10-20(19-14)15-6-4-5-7-15/h8-11,15-16,18H,3-7,12H2,1-2H3. The third-order valence-corrected chi connectivity index (χ3v) is 4.44. The monoisotopic (exact) mass is 287 g/mol. The molecule has 1 aliphatic carbocycles. The molecule has 1 aliphatic rings. The summed E-state index contributed by atoms with van der Waals surface area (Å²) in [6.07, 6.45) is 10.0. The zero-order valence-corrected chi connectivity index (χ0v) is 13.0. The van der Waals surface area contributed by atoms with Crippen molar-refractivity contribution < 1.29 is 4.42 Å². The number of aryl methyl sites for hydroxylation is 1. The predicted molar refractivity (Wildman–Crippen MR) is 83.3 cm³/mol. The van der Waals surface area contributed by atoms with Gasteiger partial charge in [-0.05, 0) is 44.0 Å². The van der Waals surface area contributed by atoms with E-state index in [1.807, 2.05) is 6.07 Å². The van der Waals surface area contributed by atoms with Gasteiger partial charge in [-0.2, -0.15) is 5.10 Å². The largest absolute Gasteiger partial charge is 0.467 e. The smallest absolute Gasteiger partial charge is 0.123 e. The minimum Gasteiger partial charge on any atom is -0.467 e. The maximum Gasteiger partial charge on any atom is 0.123 e. The van der Waals surface area contributed by atoms with Crippen LogP contribution in [0.3, 0.4) is 0 Å². The van der Waals surface area contributed by atoms with E-state index in [0.29, 0.717) is 6.04 Å². The highest BCUT2D eigenvalue weighted by molar-refractivity contribution is 5.20. The minimum absolute atomic E-state index is 0.205. The quantitative estimate of drug-likeness (QED) is 0.879. The minimum atomic E-state index is 0.205. The molecule has 0 spiro atoms. The number of nitrogens with zero attached hydrogens (tertiary/aromatic N) is 2. The summed E-state index contributed by atoms with van der Waals surface area (Å²) in [5, 5.41) is 8.30. The Bertz CT molecular complexity index is 566. The van der Waals surface area contributed by atoms with E-state index < -0.39 is 0 Å². The summed E-state index contributed by atoms with van der Waals surface area (Å²) >= 11 is 0. The van der Waals surface area contributed by atoms with E-state index >= 15 is 0 Å². The molecule has 0 aromatic carbocycles. The molecule has 114 valence electrons. The van der Waals surface area contributed by atoms with E-state index in [2.05, 4.69) is 36.1 Å². The van der Waals surface area contributed by atoms with E-state index in [4.69, 9.17) is 9.52 Å². The Morgan fingerprint density at radius 3 is 2.86 bits per heavy atom. The van der Waals surface area contributed by atoms with Crippen molar-refractivity contribution >= 4 is 0 Å². The molecule has 2 heterocycles. The van der Waals surface area contributed by atoms with Gasteiger partial charge in [0.15, 0.2) is 0 Å². The van der Waals surface area contributed by atoms with Crippen LogP contribution in [0.5, 0.6) is 0 Å². The van der Waals surface area contributed by atoms with Gasteiger partial charge in [-0.1, -0.05) is 19.8 Å². The molecule has 3 rings (SSSR count). The molecule has 4 nitrogen and oxygen atoms in total. The molecule has 1 atom stereocenters. The fourth-order valence-electron chi connectivity index (χ4n) is 3.31. The molecule has 1 saturated carbocycles. The van der Waals surface area contributed by atoms with Crippen LogP contribution in [-0.2, 0) is 6.42 Å². The summed E-state index contributed by atoms with van der Waals surface area (Å²) in [5.74, 6) is 1.03. The van der Waals surface area contributed by atoms with Crippen molar-refractivity contribution in [1.82, 2.24) is 15.1 Å². The Balaban J connectivity index is 1.72. The highest BCUT2D eigenvalue weighted by atomic mass is 16.3.